The second-order valence-electron chi connectivity index (χ2n) is 4.15. The zero-order valence-electron chi connectivity index (χ0n) is 9.48. The number of nitro benzene ring substituents is 1. The molecule has 4 nitrogen and oxygen atoms in total. The molecule has 2 aromatic rings. The van der Waals surface area contributed by atoms with Gasteiger partial charge in [0.1, 0.15) is 5.15 Å². The topological polar surface area (TPSA) is 56.0 Å². The molecule has 1 aromatic carbocycles. The average Bonchev–Trinajstić information content (AvgIpc) is 2.26. The molecular formula is C12H11ClN2O2. The van der Waals surface area contributed by atoms with E-state index in [1.165, 1.54) is 6.07 Å². The van der Waals surface area contributed by atoms with Gasteiger partial charge in [-0.2, -0.15) is 0 Å². The molecule has 1 heterocycles. The summed E-state index contributed by atoms with van der Waals surface area (Å²) in [6.07, 6.45) is 0. The first-order valence-electron chi connectivity index (χ1n) is 5.23. The van der Waals surface area contributed by atoms with Gasteiger partial charge in [-0.15, -0.1) is 0 Å². The van der Waals surface area contributed by atoms with E-state index in [1.54, 1.807) is 18.2 Å². The second-order valence-corrected chi connectivity index (χ2v) is 4.53. The monoisotopic (exact) mass is 250 g/mol. The molecule has 0 fully saturated rings. The molecule has 17 heavy (non-hydrogen) atoms. The SMILES string of the molecule is CC(C)c1cc(Cl)nc2ccc([N+](=O)[O-])cc12. The van der Waals surface area contributed by atoms with Crippen molar-refractivity contribution >= 4 is 28.2 Å². The summed E-state index contributed by atoms with van der Waals surface area (Å²) in [5.74, 6) is 0.236. The molecule has 0 radical (unpaired) electrons. The Morgan fingerprint density at radius 2 is 2.06 bits per heavy atom. The van der Waals surface area contributed by atoms with Crippen molar-refractivity contribution in [3.8, 4) is 0 Å². The van der Waals surface area contributed by atoms with Crippen LogP contribution in [0.2, 0.25) is 5.15 Å². The molecule has 0 aliphatic heterocycles. The van der Waals surface area contributed by atoms with E-state index in [9.17, 15) is 10.1 Å². The van der Waals surface area contributed by atoms with E-state index in [1.807, 2.05) is 13.8 Å². The van der Waals surface area contributed by atoms with Crippen molar-refractivity contribution in [2.24, 2.45) is 0 Å². The molecule has 0 saturated heterocycles. The highest BCUT2D eigenvalue weighted by molar-refractivity contribution is 6.30. The minimum Gasteiger partial charge on any atom is -0.258 e. The third kappa shape index (κ3) is 2.22. The molecule has 2 rings (SSSR count). The minimum atomic E-state index is -0.405. The molecule has 0 atom stereocenters. The van der Waals surface area contributed by atoms with Gasteiger partial charge in [0.25, 0.3) is 5.69 Å². The third-order valence-corrected chi connectivity index (χ3v) is 2.82. The summed E-state index contributed by atoms with van der Waals surface area (Å²) in [5, 5.41) is 12.0. The first-order chi connectivity index (χ1) is 7.99. The highest BCUT2D eigenvalue weighted by Crippen LogP contribution is 2.29. The first kappa shape index (κ1) is 11.8. The van der Waals surface area contributed by atoms with Crippen LogP contribution in [0.15, 0.2) is 24.3 Å². The molecule has 1 aromatic heterocycles. The Morgan fingerprint density at radius 1 is 1.35 bits per heavy atom. The maximum Gasteiger partial charge on any atom is 0.270 e. The standard InChI is InChI=1S/C12H11ClN2O2/c1-7(2)9-6-12(13)14-11-4-3-8(15(16)17)5-10(9)11/h3-7H,1-2H3. The molecule has 0 amide bonds. The van der Waals surface area contributed by atoms with Crippen LogP contribution in [0, 0.1) is 10.1 Å². The summed E-state index contributed by atoms with van der Waals surface area (Å²) in [6, 6.07) is 6.38. The predicted octanol–water partition coefficient (Wildman–Crippen LogP) is 3.92. The predicted molar refractivity (Wildman–Crippen MR) is 67.5 cm³/mol. The Morgan fingerprint density at radius 3 is 2.65 bits per heavy atom. The maximum atomic E-state index is 10.8. The summed E-state index contributed by atoms with van der Waals surface area (Å²) in [7, 11) is 0. The minimum absolute atomic E-state index is 0.0727. The Balaban J connectivity index is 2.78. The van der Waals surface area contributed by atoms with E-state index < -0.39 is 4.92 Å². The van der Waals surface area contributed by atoms with Gasteiger partial charge in [0.05, 0.1) is 10.4 Å². The zero-order chi connectivity index (χ0) is 12.6. The molecule has 0 bridgehead atoms. The number of halogens is 1. The quantitative estimate of drug-likeness (QED) is 0.461. The lowest BCUT2D eigenvalue weighted by Crippen LogP contribution is -1.94. The fourth-order valence-corrected chi connectivity index (χ4v) is 2.01. The zero-order valence-corrected chi connectivity index (χ0v) is 10.2. The third-order valence-electron chi connectivity index (χ3n) is 2.63. The number of nitrogens with zero attached hydrogens (tertiary/aromatic N) is 2. The van der Waals surface area contributed by atoms with E-state index >= 15 is 0 Å². The van der Waals surface area contributed by atoms with Crippen LogP contribution in [-0.2, 0) is 0 Å². The number of aromatic nitrogens is 1. The summed E-state index contributed by atoms with van der Waals surface area (Å²) >= 11 is 5.93. The van der Waals surface area contributed by atoms with Crippen molar-refractivity contribution in [3.63, 3.8) is 0 Å². The highest BCUT2D eigenvalue weighted by Gasteiger charge is 2.12. The summed E-state index contributed by atoms with van der Waals surface area (Å²) < 4.78 is 0. The van der Waals surface area contributed by atoms with Gasteiger partial charge in [0.15, 0.2) is 0 Å². The smallest absolute Gasteiger partial charge is 0.258 e. The molecule has 88 valence electrons. The van der Waals surface area contributed by atoms with E-state index in [0.717, 1.165) is 10.9 Å². The average molecular weight is 251 g/mol. The number of fused-ring (bicyclic) bond motifs is 1. The van der Waals surface area contributed by atoms with Crippen LogP contribution in [0.5, 0.6) is 0 Å². The second kappa shape index (κ2) is 4.30. The molecule has 0 aliphatic rings. The van der Waals surface area contributed by atoms with Gasteiger partial charge in [-0.25, -0.2) is 4.98 Å². The fraction of sp³-hybridized carbons (Fsp3) is 0.250. The maximum absolute atomic E-state index is 10.8. The van der Waals surface area contributed by atoms with E-state index in [-0.39, 0.29) is 11.6 Å². The summed E-state index contributed by atoms with van der Waals surface area (Å²) in [6.45, 7) is 4.04. The first-order valence-corrected chi connectivity index (χ1v) is 5.61. The van der Waals surface area contributed by atoms with Crippen molar-refractivity contribution in [2.45, 2.75) is 19.8 Å². The largest absolute Gasteiger partial charge is 0.270 e. The Kier molecular flexibility index (Phi) is 2.98. The van der Waals surface area contributed by atoms with Crippen LogP contribution in [0.4, 0.5) is 5.69 Å². The van der Waals surface area contributed by atoms with E-state index in [2.05, 4.69) is 4.98 Å². The summed E-state index contributed by atoms with van der Waals surface area (Å²) in [4.78, 5) is 14.5. The van der Waals surface area contributed by atoms with Gasteiger partial charge in [-0.3, -0.25) is 10.1 Å². The van der Waals surface area contributed by atoms with Crippen molar-refractivity contribution < 1.29 is 4.92 Å². The van der Waals surface area contributed by atoms with Crippen LogP contribution in [-0.4, -0.2) is 9.91 Å². The van der Waals surface area contributed by atoms with E-state index in [0.29, 0.717) is 10.7 Å². The highest BCUT2D eigenvalue weighted by atomic mass is 35.5. The Labute approximate surface area is 103 Å². The number of rotatable bonds is 2. The van der Waals surface area contributed by atoms with Crippen LogP contribution in [0.3, 0.4) is 0 Å². The molecule has 5 heteroatoms. The van der Waals surface area contributed by atoms with Gasteiger partial charge < -0.3 is 0 Å². The molecule has 0 aliphatic carbocycles. The van der Waals surface area contributed by atoms with Crippen LogP contribution >= 0.6 is 11.6 Å². The van der Waals surface area contributed by atoms with Gasteiger partial charge in [-0.1, -0.05) is 25.4 Å². The lowest BCUT2D eigenvalue weighted by atomic mass is 9.99. The van der Waals surface area contributed by atoms with Gasteiger partial charge in [-0.05, 0) is 23.6 Å². The molecule has 0 unspecified atom stereocenters. The van der Waals surface area contributed by atoms with Gasteiger partial charge in [0, 0.05) is 17.5 Å². The number of nitro groups is 1. The lowest BCUT2D eigenvalue weighted by Gasteiger charge is -2.09. The van der Waals surface area contributed by atoms with Crippen LogP contribution in [0.25, 0.3) is 10.9 Å². The van der Waals surface area contributed by atoms with Crippen molar-refractivity contribution in [3.05, 3.63) is 45.1 Å². The molecule has 0 N–H and O–H groups in total. The van der Waals surface area contributed by atoms with Crippen molar-refractivity contribution in [2.75, 3.05) is 0 Å². The fourth-order valence-electron chi connectivity index (χ4n) is 1.80. The lowest BCUT2D eigenvalue weighted by molar-refractivity contribution is -0.384. The summed E-state index contributed by atoms with van der Waals surface area (Å²) in [5.41, 5.74) is 1.74. The van der Waals surface area contributed by atoms with Crippen LogP contribution < -0.4 is 0 Å². The Bertz CT molecular complexity index is 596. The van der Waals surface area contributed by atoms with Gasteiger partial charge in [0.2, 0.25) is 0 Å². The molecular weight excluding hydrogens is 240 g/mol. The van der Waals surface area contributed by atoms with Crippen molar-refractivity contribution in [1.82, 2.24) is 4.98 Å². The Hall–Kier alpha value is -1.68. The van der Waals surface area contributed by atoms with Gasteiger partial charge >= 0.3 is 0 Å². The number of hydrogen-bond acceptors (Lipinski definition) is 3. The number of non-ortho nitro benzene ring substituents is 1. The number of pyridine rings is 1. The normalized spacial score (nSPS) is 11.1. The van der Waals surface area contributed by atoms with Crippen LogP contribution in [0.1, 0.15) is 25.3 Å². The number of hydrogen-bond donors (Lipinski definition) is 0. The molecule has 0 spiro atoms. The molecule has 0 saturated carbocycles. The van der Waals surface area contributed by atoms with Crippen molar-refractivity contribution in [1.29, 1.82) is 0 Å². The van der Waals surface area contributed by atoms with E-state index in [4.69, 9.17) is 11.6 Å². The number of benzene rings is 1.